The molecule has 0 saturated carbocycles. The van der Waals surface area contributed by atoms with Crippen LogP contribution in [0.4, 0.5) is 5.69 Å². The Bertz CT molecular complexity index is 1220. The lowest BCUT2D eigenvalue weighted by Crippen LogP contribution is -2.38. The third-order valence-corrected chi connectivity index (χ3v) is 8.12. The van der Waals surface area contributed by atoms with Crippen LogP contribution in [-0.2, 0) is 16.4 Å². The quantitative estimate of drug-likeness (QED) is 0.608. The molecule has 3 aromatic rings. The van der Waals surface area contributed by atoms with E-state index in [0.29, 0.717) is 29.1 Å². The van der Waals surface area contributed by atoms with E-state index in [-0.39, 0.29) is 16.8 Å². The highest BCUT2D eigenvalue weighted by molar-refractivity contribution is 7.92. The molecule has 1 N–H and O–H groups in total. The van der Waals surface area contributed by atoms with Gasteiger partial charge in [0.15, 0.2) is 0 Å². The van der Waals surface area contributed by atoms with Gasteiger partial charge in [-0.25, -0.2) is 8.42 Å². The number of hydrogen-bond donors (Lipinski definition) is 1. The summed E-state index contributed by atoms with van der Waals surface area (Å²) in [5.41, 5.74) is 2.54. The molecular formula is C23H24N2O4S2. The van der Waals surface area contributed by atoms with Crippen molar-refractivity contribution in [2.45, 2.75) is 31.2 Å². The van der Waals surface area contributed by atoms with Crippen LogP contribution in [0.1, 0.15) is 39.3 Å². The maximum atomic E-state index is 13.3. The van der Waals surface area contributed by atoms with Crippen LogP contribution >= 0.6 is 11.3 Å². The van der Waals surface area contributed by atoms with Gasteiger partial charge in [0.25, 0.3) is 15.9 Å². The summed E-state index contributed by atoms with van der Waals surface area (Å²) in [6.45, 7) is 4.35. The number of hydrogen-bond acceptors (Lipinski definition) is 5. The van der Waals surface area contributed by atoms with E-state index >= 15 is 0 Å². The molecule has 162 valence electrons. The largest absolute Gasteiger partial charge is 0.497 e. The number of carbonyl (C=O) groups is 1. The molecule has 0 radical (unpaired) electrons. The van der Waals surface area contributed by atoms with E-state index < -0.39 is 10.0 Å². The Hall–Kier alpha value is -2.84. The Labute approximate surface area is 186 Å². The van der Waals surface area contributed by atoms with E-state index in [1.54, 1.807) is 61.8 Å². The van der Waals surface area contributed by atoms with Gasteiger partial charge in [0.1, 0.15) is 5.75 Å². The van der Waals surface area contributed by atoms with Gasteiger partial charge in [0.2, 0.25) is 0 Å². The highest BCUT2D eigenvalue weighted by Gasteiger charge is 2.30. The average Bonchev–Trinajstić information content (AvgIpc) is 3.24. The van der Waals surface area contributed by atoms with E-state index in [0.717, 1.165) is 6.42 Å². The predicted molar refractivity (Wildman–Crippen MR) is 122 cm³/mol. The summed E-state index contributed by atoms with van der Waals surface area (Å²) in [6, 6.07) is 13.5. The molecule has 4 rings (SSSR count). The lowest BCUT2D eigenvalue weighted by molar-refractivity contribution is 0.0679. The number of nitrogens with one attached hydrogen (secondary N) is 1. The number of sulfonamides is 1. The number of aryl methyl sites for hydroxylation is 1. The summed E-state index contributed by atoms with van der Waals surface area (Å²) in [5, 5.41) is 2.05. The fourth-order valence-electron chi connectivity index (χ4n) is 3.84. The number of amides is 1. The van der Waals surface area contributed by atoms with Crippen molar-refractivity contribution in [3.63, 3.8) is 0 Å². The normalized spacial score (nSPS) is 16.0. The Morgan fingerprint density at radius 3 is 2.61 bits per heavy atom. The number of nitrogens with zero attached hydrogens (tertiary/aromatic N) is 1. The molecule has 2 heterocycles. The monoisotopic (exact) mass is 456 g/mol. The molecule has 0 saturated heterocycles. The maximum absolute atomic E-state index is 13.3. The Kier molecular flexibility index (Phi) is 5.77. The topological polar surface area (TPSA) is 75.7 Å². The zero-order chi connectivity index (χ0) is 22.2. The molecule has 1 aromatic heterocycles. The van der Waals surface area contributed by atoms with Crippen molar-refractivity contribution in [3.8, 4) is 5.75 Å². The molecule has 1 aliphatic heterocycles. The Morgan fingerprint density at radius 2 is 1.90 bits per heavy atom. The van der Waals surface area contributed by atoms with Gasteiger partial charge in [-0.2, -0.15) is 0 Å². The summed E-state index contributed by atoms with van der Waals surface area (Å²) < 4.78 is 33.8. The van der Waals surface area contributed by atoms with Crippen LogP contribution in [0.5, 0.6) is 5.75 Å². The first kappa shape index (κ1) is 21.4. The number of methoxy groups -OCH3 is 1. The van der Waals surface area contributed by atoms with Crippen LogP contribution in [0, 0.1) is 6.92 Å². The van der Waals surface area contributed by atoms with Crippen LogP contribution in [0.25, 0.3) is 0 Å². The Balaban J connectivity index is 1.61. The van der Waals surface area contributed by atoms with E-state index in [9.17, 15) is 13.2 Å². The first-order chi connectivity index (χ1) is 14.8. The van der Waals surface area contributed by atoms with Gasteiger partial charge in [-0.3, -0.25) is 9.52 Å². The van der Waals surface area contributed by atoms with Gasteiger partial charge in [-0.1, -0.05) is 6.07 Å². The minimum absolute atomic E-state index is 0.0405. The molecule has 31 heavy (non-hydrogen) atoms. The van der Waals surface area contributed by atoms with Crippen molar-refractivity contribution < 1.29 is 17.9 Å². The molecule has 1 atom stereocenters. The van der Waals surface area contributed by atoms with Gasteiger partial charge >= 0.3 is 0 Å². The van der Waals surface area contributed by atoms with Crippen molar-refractivity contribution in [2.75, 3.05) is 18.4 Å². The molecule has 0 fully saturated rings. The van der Waals surface area contributed by atoms with Crippen molar-refractivity contribution in [1.82, 2.24) is 4.90 Å². The molecule has 8 heteroatoms. The van der Waals surface area contributed by atoms with E-state index in [2.05, 4.69) is 16.2 Å². The van der Waals surface area contributed by atoms with E-state index in [1.807, 2.05) is 11.8 Å². The summed E-state index contributed by atoms with van der Waals surface area (Å²) in [4.78, 5) is 16.5. The van der Waals surface area contributed by atoms with Gasteiger partial charge in [0, 0.05) is 22.7 Å². The number of fused-ring (bicyclic) bond motifs is 1. The first-order valence-corrected chi connectivity index (χ1v) is 12.3. The molecular weight excluding hydrogens is 432 g/mol. The number of thiophene rings is 1. The summed E-state index contributed by atoms with van der Waals surface area (Å²) in [5.74, 6) is 0.474. The lowest BCUT2D eigenvalue weighted by Gasteiger charge is -2.33. The first-order valence-electron chi connectivity index (χ1n) is 9.95. The smallest absolute Gasteiger partial charge is 0.262 e. The standard InChI is InChI=1S/C23H24N2O4S2/c1-15-4-5-17(23(26)25-12-10-21-20(16(25)2)11-13-30-21)14-22(15)31(27,28)24-18-6-8-19(29-3)9-7-18/h4-9,11,13-14,16,24H,10,12H2,1-3H3/t16-/m1/s1. The second kappa shape index (κ2) is 8.36. The number of anilines is 1. The van der Waals surface area contributed by atoms with Crippen molar-refractivity contribution in [2.24, 2.45) is 0 Å². The summed E-state index contributed by atoms with van der Waals surface area (Å²) >= 11 is 1.72. The predicted octanol–water partition coefficient (Wildman–Crippen LogP) is 4.63. The number of ether oxygens (including phenoxy) is 1. The molecule has 0 unspecified atom stereocenters. The number of carbonyl (C=O) groups excluding carboxylic acids is 1. The van der Waals surface area contributed by atoms with Crippen molar-refractivity contribution >= 4 is 33.0 Å². The van der Waals surface area contributed by atoms with E-state index in [4.69, 9.17) is 4.74 Å². The number of benzene rings is 2. The summed E-state index contributed by atoms with van der Waals surface area (Å²) in [6.07, 6.45) is 0.819. The van der Waals surface area contributed by atoms with Crippen LogP contribution in [-0.4, -0.2) is 32.9 Å². The van der Waals surface area contributed by atoms with Gasteiger partial charge < -0.3 is 9.64 Å². The molecule has 6 nitrogen and oxygen atoms in total. The molecule has 0 aliphatic carbocycles. The lowest BCUT2D eigenvalue weighted by atomic mass is 10.00. The fourth-order valence-corrected chi connectivity index (χ4v) is 6.14. The third kappa shape index (κ3) is 4.18. The minimum atomic E-state index is -3.86. The highest BCUT2D eigenvalue weighted by Crippen LogP contribution is 2.34. The van der Waals surface area contributed by atoms with Gasteiger partial charge in [-0.05, 0) is 79.2 Å². The minimum Gasteiger partial charge on any atom is -0.497 e. The highest BCUT2D eigenvalue weighted by atomic mass is 32.2. The van der Waals surface area contributed by atoms with Crippen LogP contribution in [0.15, 0.2) is 58.8 Å². The maximum Gasteiger partial charge on any atom is 0.262 e. The van der Waals surface area contributed by atoms with Gasteiger partial charge in [-0.15, -0.1) is 11.3 Å². The SMILES string of the molecule is COc1ccc(NS(=O)(=O)c2cc(C(=O)N3CCc4sccc4[C@H]3C)ccc2C)cc1. The summed E-state index contributed by atoms with van der Waals surface area (Å²) in [7, 11) is -2.31. The molecule has 1 aliphatic rings. The molecule has 0 bridgehead atoms. The van der Waals surface area contributed by atoms with Crippen molar-refractivity contribution in [1.29, 1.82) is 0 Å². The van der Waals surface area contributed by atoms with Crippen molar-refractivity contribution in [3.05, 3.63) is 75.5 Å². The second-order valence-electron chi connectivity index (χ2n) is 7.54. The van der Waals surface area contributed by atoms with Crippen LogP contribution in [0.2, 0.25) is 0 Å². The number of rotatable bonds is 5. The van der Waals surface area contributed by atoms with Crippen LogP contribution < -0.4 is 9.46 Å². The zero-order valence-electron chi connectivity index (χ0n) is 17.6. The average molecular weight is 457 g/mol. The second-order valence-corrected chi connectivity index (χ2v) is 10.2. The molecule has 2 aromatic carbocycles. The molecule has 1 amide bonds. The third-order valence-electron chi connectivity index (χ3n) is 5.60. The Morgan fingerprint density at radius 1 is 1.16 bits per heavy atom. The fraction of sp³-hybridized carbons (Fsp3) is 0.261. The van der Waals surface area contributed by atoms with E-state index in [1.165, 1.54) is 16.5 Å². The zero-order valence-corrected chi connectivity index (χ0v) is 19.2. The van der Waals surface area contributed by atoms with Crippen LogP contribution in [0.3, 0.4) is 0 Å². The molecule has 0 spiro atoms. The van der Waals surface area contributed by atoms with Gasteiger partial charge in [0.05, 0.1) is 18.0 Å².